The van der Waals surface area contributed by atoms with Crippen LogP contribution >= 0.6 is 0 Å². The summed E-state index contributed by atoms with van der Waals surface area (Å²) in [6, 6.07) is 2.04. The zero-order valence-corrected chi connectivity index (χ0v) is 8.67. The van der Waals surface area contributed by atoms with Crippen LogP contribution in [0.25, 0.3) is 0 Å². The van der Waals surface area contributed by atoms with Gasteiger partial charge in [-0.2, -0.15) is 0 Å². The Morgan fingerprint density at radius 3 is 2.69 bits per heavy atom. The molecule has 13 heavy (non-hydrogen) atoms. The first-order valence-corrected chi connectivity index (χ1v) is 4.67. The van der Waals surface area contributed by atoms with Gasteiger partial charge in [0.15, 0.2) is 0 Å². The molecule has 0 fully saturated rings. The third kappa shape index (κ3) is 3.55. The van der Waals surface area contributed by atoms with E-state index in [-0.39, 0.29) is 5.54 Å². The van der Waals surface area contributed by atoms with E-state index < -0.39 is 0 Å². The van der Waals surface area contributed by atoms with E-state index in [0.717, 1.165) is 12.8 Å². The number of aryl methyl sites for hydroxylation is 2. The molecule has 0 aliphatic carbocycles. The standard InChI is InChI=1S/C11H18N2/c1-9-5-7-13-8-10(9)4-6-11(2,3)12/h5,7-8H,4,6,12H2,1-3H3. The van der Waals surface area contributed by atoms with Crippen molar-refractivity contribution in [2.45, 2.75) is 39.2 Å². The summed E-state index contributed by atoms with van der Waals surface area (Å²) in [6.07, 6.45) is 5.77. The van der Waals surface area contributed by atoms with Crippen molar-refractivity contribution in [3.63, 3.8) is 0 Å². The molecular weight excluding hydrogens is 160 g/mol. The molecule has 0 saturated carbocycles. The van der Waals surface area contributed by atoms with Crippen LogP contribution in [-0.2, 0) is 6.42 Å². The van der Waals surface area contributed by atoms with Crippen molar-refractivity contribution in [1.82, 2.24) is 4.98 Å². The fraction of sp³-hybridized carbons (Fsp3) is 0.545. The molecule has 2 heteroatoms. The largest absolute Gasteiger partial charge is 0.326 e. The summed E-state index contributed by atoms with van der Waals surface area (Å²) in [7, 11) is 0. The van der Waals surface area contributed by atoms with Gasteiger partial charge in [0, 0.05) is 17.9 Å². The predicted molar refractivity (Wildman–Crippen MR) is 55.6 cm³/mol. The maximum atomic E-state index is 5.91. The van der Waals surface area contributed by atoms with E-state index in [4.69, 9.17) is 5.73 Å². The van der Waals surface area contributed by atoms with Crippen LogP contribution in [0, 0.1) is 6.92 Å². The minimum absolute atomic E-state index is 0.0811. The van der Waals surface area contributed by atoms with Gasteiger partial charge in [0.1, 0.15) is 0 Å². The lowest BCUT2D eigenvalue weighted by Crippen LogP contribution is -2.32. The van der Waals surface area contributed by atoms with Gasteiger partial charge in [0.05, 0.1) is 0 Å². The van der Waals surface area contributed by atoms with Gasteiger partial charge in [-0.15, -0.1) is 0 Å². The second-order valence-electron chi connectivity index (χ2n) is 4.29. The van der Waals surface area contributed by atoms with Crippen LogP contribution in [-0.4, -0.2) is 10.5 Å². The van der Waals surface area contributed by atoms with Crippen LogP contribution in [0.2, 0.25) is 0 Å². The SMILES string of the molecule is Cc1ccncc1CCC(C)(C)N. The number of aromatic nitrogens is 1. The molecule has 0 aliphatic heterocycles. The summed E-state index contributed by atoms with van der Waals surface area (Å²) in [4.78, 5) is 4.11. The van der Waals surface area contributed by atoms with Gasteiger partial charge in [-0.3, -0.25) is 4.98 Å². The molecule has 2 nitrogen and oxygen atoms in total. The first-order valence-electron chi connectivity index (χ1n) is 4.67. The molecule has 0 spiro atoms. The Kier molecular flexibility index (Phi) is 3.04. The number of nitrogens with two attached hydrogens (primary N) is 1. The summed E-state index contributed by atoms with van der Waals surface area (Å²) in [5, 5.41) is 0. The van der Waals surface area contributed by atoms with Crippen LogP contribution in [0.5, 0.6) is 0 Å². The summed E-state index contributed by atoms with van der Waals surface area (Å²) in [5.74, 6) is 0. The Labute approximate surface area is 80.2 Å². The topological polar surface area (TPSA) is 38.9 Å². The van der Waals surface area contributed by atoms with Gasteiger partial charge < -0.3 is 5.73 Å². The quantitative estimate of drug-likeness (QED) is 0.769. The smallest absolute Gasteiger partial charge is 0.0302 e. The Balaban J connectivity index is 2.60. The average molecular weight is 178 g/mol. The highest BCUT2D eigenvalue weighted by atomic mass is 14.7. The summed E-state index contributed by atoms with van der Waals surface area (Å²) >= 11 is 0. The summed E-state index contributed by atoms with van der Waals surface area (Å²) in [5.41, 5.74) is 8.44. The average Bonchev–Trinajstić information content (AvgIpc) is 2.01. The molecule has 0 amide bonds. The van der Waals surface area contributed by atoms with Crippen molar-refractivity contribution in [3.8, 4) is 0 Å². The highest BCUT2D eigenvalue weighted by Gasteiger charge is 2.10. The molecule has 1 heterocycles. The number of rotatable bonds is 3. The van der Waals surface area contributed by atoms with Gasteiger partial charge in [0.25, 0.3) is 0 Å². The minimum Gasteiger partial charge on any atom is -0.326 e. The van der Waals surface area contributed by atoms with E-state index >= 15 is 0 Å². The van der Waals surface area contributed by atoms with Crippen LogP contribution in [0.4, 0.5) is 0 Å². The number of hydrogen-bond donors (Lipinski definition) is 1. The Hall–Kier alpha value is -0.890. The molecule has 72 valence electrons. The Morgan fingerprint density at radius 2 is 2.15 bits per heavy atom. The van der Waals surface area contributed by atoms with Crippen LogP contribution < -0.4 is 5.73 Å². The molecule has 0 bridgehead atoms. The second kappa shape index (κ2) is 3.88. The van der Waals surface area contributed by atoms with E-state index in [1.807, 2.05) is 18.5 Å². The minimum atomic E-state index is -0.0811. The molecule has 1 rings (SSSR count). The fourth-order valence-electron chi connectivity index (χ4n) is 1.22. The van der Waals surface area contributed by atoms with Gasteiger partial charge in [0.2, 0.25) is 0 Å². The third-order valence-electron chi connectivity index (χ3n) is 2.19. The lowest BCUT2D eigenvalue weighted by Gasteiger charge is -2.18. The van der Waals surface area contributed by atoms with E-state index in [1.54, 1.807) is 0 Å². The number of hydrogen-bond acceptors (Lipinski definition) is 2. The number of nitrogens with zero attached hydrogens (tertiary/aromatic N) is 1. The molecule has 1 aromatic rings. The molecule has 0 radical (unpaired) electrons. The fourth-order valence-corrected chi connectivity index (χ4v) is 1.22. The first-order chi connectivity index (χ1) is 5.99. The normalized spacial score (nSPS) is 11.7. The van der Waals surface area contributed by atoms with Crippen molar-refractivity contribution in [2.75, 3.05) is 0 Å². The monoisotopic (exact) mass is 178 g/mol. The molecule has 0 saturated heterocycles. The molecule has 0 aliphatic rings. The van der Waals surface area contributed by atoms with Crippen LogP contribution in [0.3, 0.4) is 0 Å². The lowest BCUT2D eigenvalue weighted by atomic mass is 9.96. The molecule has 0 aromatic carbocycles. The van der Waals surface area contributed by atoms with Crippen LogP contribution in [0.1, 0.15) is 31.4 Å². The first kappa shape index (κ1) is 10.2. The van der Waals surface area contributed by atoms with Crippen molar-refractivity contribution < 1.29 is 0 Å². The molecular formula is C11H18N2. The van der Waals surface area contributed by atoms with Crippen molar-refractivity contribution >= 4 is 0 Å². The molecule has 0 atom stereocenters. The van der Waals surface area contributed by atoms with Crippen molar-refractivity contribution in [2.24, 2.45) is 5.73 Å². The van der Waals surface area contributed by atoms with E-state index in [2.05, 4.69) is 25.8 Å². The van der Waals surface area contributed by atoms with Crippen molar-refractivity contribution in [3.05, 3.63) is 29.6 Å². The van der Waals surface area contributed by atoms with Gasteiger partial charge in [-0.05, 0) is 50.8 Å². The Morgan fingerprint density at radius 1 is 1.46 bits per heavy atom. The maximum Gasteiger partial charge on any atom is 0.0302 e. The summed E-state index contributed by atoms with van der Waals surface area (Å²) < 4.78 is 0. The Bertz CT molecular complexity index is 274. The highest BCUT2D eigenvalue weighted by Crippen LogP contribution is 2.12. The van der Waals surface area contributed by atoms with Crippen LogP contribution in [0.15, 0.2) is 18.5 Å². The zero-order chi connectivity index (χ0) is 9.90. The molecule has 1 aromatic heterocycles. The number of pyridine rings is 1. The molecule has 2 N–H and O–H groups in total. The van der Waals surface area contributed by atoms with E-state index in [0.29, 0.717) is 0 Å². The van der Waals surface area contributed by atoms with E-state index in [1.165, 1.54) is 11.1 Å². The highest BCUT2D eigenvalue weighted by molar-refractivity contribution is 5.21. The lowest BCUT2D eigenvalue weighted by molar-refractivity contribution is 0.476. The van der Waals surface area contributed by atoms with Gasteiger partial charge in [-0.25, -0.2) is 0 Å². The predicted octanol–water partition coefficient (Wildman–Crippen LogP) is 2.06. The van der Waals surface area contributed by atoms with Gasteiger partial charge >= 0.3 is 0 Å². The zero-order valence-electron chi connectivity index (χ0n) is 8.67. The third-order valence-corrected chi connectivity index (χ3v) is 2.19. The second-order valence-corrected chi connectivity index (χ2v) is 4.29. The maximum absolute atomic E-state index is 5.91. The van der Waals surface area contributed by atoms with Crippen molar-refractivity contribution in [1.29, 1.82) is 0 Å². The van der Waals surface area contributed by atoms with E-state index in [9.17, 15) is 0 Å². The van der Waals surface area contributed by atoms with Gasteiger partial charge in [-0.1, -0.05) is 0 Å². The molecule has 0 unspecified atom stereocenters. The summed E-state index contributed by atoms with van der Waals surface area (Å²) in [6.45, 7) is 6.22.